The molecule has 0 spiro atoms. The van der Waals surface area contributed by atoms with Crippen LogP contribution in [0.1, 0.15) is 63.3 Å². The van der Waals surface area contributed by atoms with E-state index in [2.05, 4.69) is 10.3 Å². The van der Waals surface area contributed by atoms with E-state index >= 15 is 0 Å². The predicted molar refractivity (Wildman–Crippen MR) is 101 cm³/mol. The molecular weight excluding hydrogens is 368 g/mol. The Kier molecular flexibility index (Phi) is 5.01. The molecule has 1 N–H and O–H groups in total. The van der Waals surface area contributed by atoms with Gasteiger partial charge in [0, 0.05) is 5.56 Å². The molecule has 0 atom stereocenters. The molecule has 0 saturated heterocycles. The van der Waals surface area contributed by atoms with Crippen LogP contribution >= 0.6 is 11.3 Å². The number of carbonyl (C=O) groups is 3. The third-order valence-electron chi connectivity index (χ3n) is 3.99. The topological polar surface area (TPSA) is 94.6 Å². The molecule has 0 saturated carbocycles. The average molecular weight is 388 g/mol. The van der Waals surface area contributed by atoms with E-state index in [9.17, 15) is 14.4 Å². The number of hydrogen-bond donors (Lipinski definition) is 1. The van der Waals surface area contributed by atoms with E-state index in [1.807, 2.05) is 13.8 Å². The monoisotopic (exact) mass is 388 g/mol. The van der Waals surface area contributed by atoms with Gasteiger partial charge in [-0.2, -0.15) is 0 Å². The van der Waals surface area contributed by atoms with E-state index < -0.39 is 17.5 Å². The first kappa shape index (κ1) is 19.0. The van der Waals surface area contributed by atoms with Crippen LogP contribution in [0.2, 0.25) is 0 Å². The first-order valence-corrected chi connectivity index (χ1v) is 9.34. The molecule has 0 aliphatic carbocycles. The number of carbonyl (C=O) groups excluding carboxylic acids is 3. The van der Waals surface area contributed by atoms with Crippen molar-refractivity contribution < 1.29 is 23.9 Å². The summed E-state index contributed by atoms with van der Waals surface area (Å²) in [6.45, 7) is 7.36. The number of Topliss-reactive ketones (excluding diaryl/α,β-unsaturated/α-hetero) is 1. The molecule has 0 unspecified atom stereocenters. The van der Waals surface area contributed by atoms with Crippen LogP contribution in [0.5, 0.6) is 5.75 Å². The zero-order chi connectivity index (χ0) is 19.8. The standard InChI is InChI=1S/C19H20N2O5S/c1-5-25-17(24)15-10(2)20-18(27-15)21-16(23)11-6-7-14-12(8-11)13(22)9-19(3,4)26-14/h6-8H,5,9H2,1-4H3,(H,20,21,23). The Morgan fingerprint density at radius 2 is 2.11 bits per heavy atom. The fourth-order valence-corrected chi connectivity index (χ4v) is 3.65. The summed E-state index contributed by atoms with van der Waals surface area (Å²) >= 11 is 1.05. The van der Waals surface area contributed by atoms with E-state index in [0.717, 1.165) is 11.3 Å². The highest BCUT2D eigenvalue weighted by atomic mass is 32.1. The minimum absolute atomic E-state index is 0.0643. The summed E-state index contributed by atoms with van der Waals surface area (Å²) in [6.07, 6.45) is 0.250. The number of amides is 1. The SMILES string of the molecule is CCOC(=O)c1sc(NC(=O)c2ccc3c(c2)C(=O)CC(C)(C)O3)nc1C. The second-order valence-corrected chi connectivity index (χ2v) is 7.78. The number of aryl methyl sites for hydroxylation is 1. The van der Waals surface area contributed by atoms with Gasteiger partial charge in [-0.3, -0.25) is 14.9 Å². The van der Waals surface area contributed by atoms with Crippen molar-refractivity contribution >= 4 is 34.1 Å². The van der Waals surface area contributed by atoms with Gasteiger partial charge in [0.1, 0.15) is 16.2 Å². The van der Waals surface area contributed by atoms with Crippen LogP contribution in [-0.4, -0.2) is 34.9 Å². The van der Waals surface area contributed by atoms with Gasteiger partial charge in [-0.05, 0) is 45.9 Å². The van der Waals surface area contributed by atoms with Crippen LogP contribution in [0.25, 0.3) is 0 Å². The number of esters is 1. The number of ether oxygens (including phenoxy) is 2. The van der Waals surface area contributed by atoms with Crippen molar-refractivity contribution in [1.82, 2.24) is 4.98 Å². The fraction of sp³-hybridized carbons (Fsp3) is 0.368. The molecule has 142 valence electrons. The third kappa shape index (κ3) is 4.00. The summed E-state index contributed by atoms with van der Waals surface area (Å²) < 4.78 is 10.8. The van der Waals surface area contributed by atoms with E-state index in [4.69, 9.17) is 9.47 Å². The van der Waals surface area contributed by atoms with Gasteiger partial charge >= 0.3 is 5.97 Å². The lowest BCUT2D eigenvalue weighted by molar-refractivity contribution is 0.0529. The maximum Gasteiger partial charge on any atom is 0.350 e. The van der Waals surface area contributed by atoms with E-state index in [1.165, 1.54) is 6.07 Å². The van der Waals surface area contributed by atoms with Gasteiger partial charge in [0.25, 0.3) is 5.91 Å². The van der Waals surface area contributed by atoms with Gasteiger partial charge < -0.3 is 9.47 Å². The maximum absolute atomic E-state index is 12.5. The van der Waals surface area contributed by atoms with Gasteiger partial charge in [0.05, 0.1) is 24.3 Å². The molecule has 8 heteroatoms. The van der Waals surface area contributed by atoms with Gasteiger partial charge in [-0.25, -0.2) is 9.78 Å². The van der Waals surface area contributed by atoms with E-state index in [-0.39, 0.29) is 18.8 Å². The average Bonchev–Trinajstić information content (AvgIpc) is 2.94. The highest BCUT2D eigenvalue weighted by Crippen LogP contribution is 2.33. The minimum Gasteiger partial charge on any atom is -0.487 e. The van der Waals surface area contributed by atoms with Crippen LogP contribution in [0.4, 0.5) is 5.13 Å². The van der Waals surface area contributed by atoms with Crippen molar-refractivity contribution in [3.63, 3.8) is 0 Å². The molecule has 1 aliphatic rings. The molecular formula is C19H20N2O5S. The molecule has 0 bridgehead atoms. The van der Waals surface area contributed by atoms with Crippen molar-refractivity contribution in [1.29, 1.82) is 0 Å². The number of nitrogens with zero attached hydrogens (tertiary/aromatic N) is 1. The van der Waals surface area contributed by atoms with Crippen molar-refractivity contribution in [2.75, 3.05) is 11.9 Å². The van der Waals surface area contributed by atoms with Gasteiger partial charge in [0.2, 0.25) is 0 Å². The summed E-state index contributed by atoms with van der Waals surface area (Å²) in [5.74, 6) is -0.472. The molecule has 1 aromatic heterocycles. The lowest BCUT2D eigenvalue weighted by Crippen LogP contribution is -2.36. The van der Waals surface area contributed by atoms with Crippen molar-refractivity contribution in [3.8, 4) is 5.75 Å². The number of aromatic nitrogens is 1. The van der Waals surface area contributed by atoms with Crippen LogP contribution in [0.3, 0.4) is 0 Å². The molecule has 0 radical (unpaired) electrons. The Morgan fingerprint density at radius 1 is 1.37 bits per heavy atom. The number of rotatable bonds is 4. The molecule has 7 nitrogen and oxygen atoms in total. The number of anilines is 1. The Bertz CT molecular complexity index is 932. The normalized spacial score (nSPS) is 14.9. The first-order chi connectivity index (χ1) is 12.7. The second-order valence-electron chi connectivity index (χ2n) is 6.78. The summed E-state index contributed by atoms with van der Waals surface area (Å²) in [5.41, 5.74) is 0.640. The summed E-state index contributed by atoms with van der Waals surface area (Å²) in [5, 5.41) is 2.96. The van der Waals surface area contributed by atoms with Gasteiger partial charge in [0.15, 0.2) is 10.9 Å². The summed E-state index contributed by atoms with van der Waals surface area (Å²) in [6, 6.07) is 4.74. The van der Waals surface area contributed by atoms with Crippen LogP contribution in [-0.2, 0) is 4.74 Å². The van der Waals surface area contributed by atoms with Gasteiger partial charge in [-0.15, -0.1) is 0 Å². The molecule has 3 rings (SSSR count). The Hall–Kier alpha value is -2.74. The summed E-state index contributed by atoms with van der Waals surface area (Å²) in [4.78, 5) is 41.3. The molecule has 1 aromatic carbocycles. The zero-order valence-electron chi connectivity index (χ0n) is 15.5. The van der Waals surface area contributed by atoms with E-state index in [1.54, 1.807) is 26.0 Å². The number of hydrogen-bond acceptors (Lipinski definition) is 7. The zero-order valence-corrected chi connectivity index (χ0v) is 16.4. The molecule has 2 heterocycles. The Labute approximate surface area is 160 Å². The van der Waals surface area contributed by atoms with Crippen LogP contribution in [0.15, 0.2) is 18.2 Å². The minimum atomic E-state index is -0.560. The van der Waals surface area contributed by atoms with Gasteiger partial charge in [-0.1, -0.05) is 11.3 Å². The Morgan fingerprint density at radius 3 is 2.81 bits per heavy atom. The fourth-order valence-electron chi connectivity index (χ4n) is 2.80. The smallest absolute Gasteiger partial charge is 0.350 e. The molecule has 0 fully saturated rings. The van der Waals surface area contributed by atoms with Crippen molar-refractivity contribution in [2.24, 2.45) is 0 Å². The lowest BCUT2D eigenvalue weighted by Gasteiger charge is -2.31. The van der Waals surface area contributed by atoms with Crippen molar-refractivity contribution in [3.05, 3.63) is 39.9 Å². The largest absolute Gasteiger partial charge is 0.487 e. The number of benzene rings is 1. The third-order valence-corrected chi connectivity index (χ3v) is 5.05. The second kappa shape index (κ2) is 7.11. The number of fused-ring (bicyclic) bond motifs is 1. The van der Waals surface area contributed by atoms with Crippen LogP contribution in [0, 0.1) is 6.92 Å². The van der Waals surface area contributed by atoms with E-state index in [0.29, 0.717) is 32.6 Å². The molecule has 1 amide bonds. The predicted octanol–water partition coefficient (Wildman–Crippen LogP) is 3.62. The molecule has 2 aromatic rings. The van der Waals surface area contributed by atoms with Crippen LogP contribution < -0.4 is 10.1 Å². The molecule has 1 aliphatic heterocycles. The molecule has 27 heavy (non-hydrogen) atoms. The van der Waals surface area contributed by atoms with Crippen molar-refractivity contribution in [2.45, 2.75) is 39.7 Å². The maximum atomic E-state index is 12.5. The Balaban J connectivity index is 1.80. The lowest BCUT2D eigenvalue weighted by atomic mass is 9.92. The summed E-state index contributed by atoms with van der Waals surface area (Å²) in [7, 11) is 0. The highest BCUT2D eigenvalue weighted by Gasteiger charge is 2.33. The number of thiazole rings is 1. The quantitative estimate of drug-likeness (QED) is 0.804. The number of nitrogens with one attached hydrogen (secondary N) is 1. The highest BCUT2D eigenvalue weighted by molar-refractivity contribution is 7.17. The first-order valence-electron chi connectivity index (χ1n) is 8.52. The number of ketones is 1.